The molecule has 1 fully saturated rings. The van der Waals surface area contributed by atoms with Gasteiger partial charge in [-0.15, -0.1) is 0 Å². The van der Waals surface area contributed by atoms with E-state index in [-0.39, 0.29) is 16.4 Å². The van der Waals surface area contributed by atoms with Gasteiger partial charge in [0.25, 0.3) is 17.5 Å². The fourth-order valence-corrected chi connectivity index (χ4v) is 3.57. The first-order valence-electron chi connectivity index (χ1n) is 9.26. The molecule has 1 saturated heterocycles. The van der Waals surface area contributed by atoms with Crippen LogP contribution in [0.1, 0.15) is 5.56 Å². The van der Waals surface area contributed by atoms with E-state index in [0.29, 0.717) is 16.9 Å². The summed E-state index contributed by atoms with van der Waals surface area (Å²) >= 11 is 5.54. The second kappa shape index (κ2) is 8.29. The molecule has 31 heavy (non-hydrogen) atoms. The van der Waals surface area contributed by atoms with Gasteiger partial charge in [-0.25, -0.2) is 0 Å². The zero-order valence-corrected chi connectivity index (χ0v) is 16.9. The molecule has 1 heterocycles. The summed E-state index contributed by atoms with van der Waals surface area (Å²) in [4.78, 5) is 39.6. The minimum atomic E-state index is -0.563. The number of hydrogen-bond donors (Lipinski definition) is 0. The molecule has 0 unspecified atom stereocenters. The maximum absolute atomic E-state index is 13.3. The highest BCUT2D eigenvalue weighted by atomic mass is 32.1. The highest BCUT2D eigenvalue weighted by molar-refractivity contribution is 7.81. The molecule has 1 aliphatic rings. The van der Waals surface area contributed by atoms with E-state index in [4.69, 9.17) is 12.2 Å². The van der Waals surface area contributed by atoms with Crippen molar-refractivity contribution in [3.63, 3.8) is 0 Å². The first-order valence-corrected chi connectivity index (χ1v) is 9.67. The minimum absolute atomic E-state index is 0.0493. The van der Waals surface area contributed by atoms with Gasteiger partial charge in [0.2, 0.25) is 0 Å². The SMILES string of the molecule is O=C1C(=Cc2ccc([N+](=O)[O-])cc2)C(=O)N(c2ccccc2)C(=S)N1c1ccccc1. The standard InChI is InChI=1S/C23H15N3O4S/c27-21-20(15-16-11-13-19(14-12-16)26(29)30)22(28)25(18-9-5-2-6-10-18)23(31)24(21)17-7-3-1-4-8-17/h1-15H. The largest absolute Gasteiger partial charge is 0.270 e. The third-order valence-electron chi connectivity index (χ3n) is 4.69. The van der Waals surface area contributed by atoms with Crippen LogP contribution in [-0.2, 0) is 9.59 Å². The van der Waals surface area contributed by atoms with Crippen molar-refractivity contribution in [3.05, 3.63) is 106 Å². The number of hydrogen-bond acceptors (Lipinski definition) is 5. The van der Waals surface area contributed by atoms with Crippen molar-refractivity contribution in [2.45, 2.75) is 0 Å². The van der Waals surface area contributed by atoms with Crippen LogP contribution in [0.25, 0.3) is 6.08 Å². The summed E-state index contributed by atoms with van der Waals surface area (Å²) in [5.74, 6) is -1.13. The number of nitrogens with zero attached hydrogens (tertiary/aromatic N) is 3. The molecule has 4 rings (SSSR count). The molecule has 3 aromatic rings. The van der Waals surface area contributed by atoms with E-state index >= 15 is 0 Å². The molecule has 3 aromatic carbocycles. The van der Waals surface area contributed by atoms with Gasteiger partial charge in [-0.05, 0) is 60.3 Å². The summed E-state index contributed by atoms with van der Waals surface area (Å²) in [6.07, 6.45) is 1.42. The van der Waals surface area contributed by atoms with Gasteiger partial charge in [-0.1, -0.05) is 36.4 Å². The first-order chi connectivity index (χ1) is 15.0. The Bertz CT molecular complexity index is 1150. The molecule has 0 bridgehead atoms. The molecule has 152 valence electrons. The maximum Gasteiger partial charge on any atom is 0.270 e. The van der Waals surface area contributed by atoms with E-state index in [0.717, 1.165) is 0 Å². The zero-order valence-electron chi connectivity index (χ0n) is 16.0. The smallest absolute Gasteiger partial charge is 0.268 e. The molecule has 0 aliphatic carbocycles. The van der Waals surface area contributed by atoms with Crippen LogP contribution in [0.15, 0.2) is 90.5 Å². The van der Waals surface area contributed by atoms with E-state index in [1.54, 1.807) is 48.5 Å². The van der Waals surface area contributed by atoms with Gasteiger partial charge in [0.05, 0.1) is 16.3 Å². The number of benzene rings is 3. The topological polar surface area (TPSA) is 83.8 Å². The Hall–Kier alpha value is -4.17. The second-order valence-corrected chi connectivity index (χ2v) is 7.01. The third-order valence-corrected chi connectivity index (χ3v) is 5.06. The highest BCUT2D eigenvalue weighted by Gasteiger charge is 2.41. The van der Waals surface area contributed by atoms with Crippen LogP contribution >= 0.6 is 12.2 Å². The van der Waals surface area contributed by atoms with Gasteiger partial charge in [-0.2, -0.15) is 0 Å². The van der Waals surface area contributed by atoms with E-state index in [1.165, 1.54) is 40.1 Å². The van der Waals surface area contributed by atoms with Gasteiger partial charge in [-0.3, -0.25) is 29.5 Å². The first kappa shape index (κ1) is 20.1. The van der Waals surface area contributed by atoms with Gasteiger partial charge >= 0.3 is 0 Å². The third kappa shape index (κ3) is 3.84. The number of rotatable bonds is 4. The van der Waals surface area contributed by atoms with Crippen LogP contribution in [-0.4, -0.2) is 21.9 Å². The fourth-order valence-electron chi connectivity index (χ4n) is 3.20. The molecular weight excluding hydrogens is 414 g/mol. The average Bonchev–Trinajstić information content (AvgIpc) is 2.78. The number of thiocarbonyl (C=S) groups is 1. The maximum atomic E-state index is 13.3. The summed E-state index contributed by atoms with van der Waals surface area (Å²) in [5.41, 5.74) is 1.36. The van der Waals surface area contributed by atoms with E-state index in [2.05, 4.69) is 0 Å². The molecule has 0 aromatic heterocycles. The van der Waals surface area contributed by atoms with Crippen LogP contribution in [0.3, 0.4) is 0 Å². The predicted octanol–water partition coefficient (Wildman–Crippen LogP) is 4.34. The molecule has 1 aliphatic heterocycles. The van der Waals surface area contributed by atoms with Crippen molar-refractivity contribution in [2.24, 2.45) is 0 Å². The van der Waals surface area contributed by atoms with Crippen LogP contribution in [0, 0.1) is 10.1 Å². The van der Waals surface area contributed by atoms with Gasteiger partial charge < -0.3 is 0 Å². The Morgan fingerprint density at radius 1 is 0.742 bits per heavy atom. The van der Waals surface area contributed by atoms with Crippen LogP contribution in [0.4, 0.5) is 17.1 Å². The van der Waals surface area contributed by atoms with Crippen molar-refractivity contribution in [3.8, 4) is 0 Å². The molecule has 0 radical (unpaired) electrons. The van der Waals surface area contributed by atoms with Gasteiger partial charge in [0.15, 0.2) is 5.11 Å². The van der Waals surface area contributed by atoms with Gasteiger partial charge in [0.1, 0.15) is 5.57 Å². The van der Waals surface area contributed by atoms with Crippen molar-refractivity contribution in [2.75, 3.05) is 9.80 Å². The molecule has 0 spiro atoms. The number of carbonyl (C=O) groups is 2. The van der Waals surface area contributed by atoms with Crippen LogP contribution in [0.2, 0.25) is 0 Å². The molecule has 0 N–H and O–H groups in total. The van der Waals surface area contributed by atoms with E-state index in [9.17, 15) is 19.7 Å². The highest BCUT2D eigenvalue weighted by Crippen LogP contribution is 2.29. The number of anilines is 2. The number of nitro groups is 1. The number of carbonyl (C=O) groups excluding carboxylic acids is 2. The molecular formula is C23H15N3O4S. The zero-order chi connectivity index (χ0) is 22.0. The quantitative estimate of drug-likeness (QED) is 0.203. The Morgan fingerprint density at radius 3 is 1.61 bits per heavy atom. The van der Waals surface area contributed by atoms with Crippen molar-refractivity contribution >= 4 is 52.3 Å². The summed E-state index contributed by atoms with van der Waals surface area (Å²) in [5, 5.41) is 10.9. The lowest BCUT2D eigenvalue weighted by molar-refractivity contribution is -0.384. The Labute approximate surface area is 183 Å². The molecule has 0 saturated carbocycles. The Morgan fingerprint density at radius 2 is 1.19 bits per heavy atom. The summed E-state index contributed by atoms with van der Waals surface area (Å²) in [7, 11) is 0. The summed E-state index contributed by atoms with van der Waals surface area (Å²) in [6.45, 7) is 0. The normalized spacial score (nSPS) is 14.1. The second-order valence-electron chi connectivity index (χ2n) is 6.64. The molecule has 2 amide bonds. The number of para-hydroxylation sites is 2. The van der Waals surface area contributed by atoms with Crippen LogP contribution < -0.4 is 9.80 Å². The summed E-state index contributed by atoms with van der Waals surface area (Å²) in [6, 6.07) is 23.2. The predicted molar refractivity (Wildman–Crippen MR) is 122 cm³/mol. The van der Waals surface area contributed by atoms with E-state index < -0.39 is 16.7 Å². The number of nitro benzene ring substituents is 1. The average molecular weight is 429 g/mol. The molecule has 7 nitrogen and oxygen atoms in total. The molecule has 0 atom stereocenters. The number of amides is 2. The lowest BCUT2D eigenvalue weighted by Crippen LogP contribution is -2.56. The van der Waals surface area contributed by atoms with E-state index in [1.807, 2.05) is 12.1 Å². The Balaban J connectivity index is 1.83. The van der Waals surface area contributed by atoms with Crippen molar-refractivity contribution < 1.29 is 14.5 Å². The summed E-state index contributed by atoms with van der Waals surface area (Å²) < 4.78 is 0. The number of non-ortho nitro benzene ring substituents is 1. The van der Waals surface area contributed by atoms with Crippen molar-refractivity contribution in [1.82, 2.24) is 0 Å². The fraction of sp³-hybridized carbons (Fsp3) is 0. The van der Waals surface area contributed by atoms with Crippen LogP contribution in [0.5, 0.6) is 0 Å². The lowest BCUT2D eigenvalue weighted by atomic mass is 10.0. The van der Waals surface area contributed by atoms with Crippen molar-refractivity contribution in [1.29, 1.82) is 0 Å². The minimum Gasteiger partial charge on any atom is -0.268 e. The lowest BCUT2D eigenvalue weighted by Gasteiger charge is -2.36. The Kier molecular flexibility index (Phi) is 5.38. The monoisotopic (exact) mass is 429 g/mol. The molecule has 8 heteroatoms. The van der Waals surface area contributed by atoms with Gasteiger partial charge in [0, 0.05) is 12.1 Å².